The third kappa shape index (κ3) is 3.03. The van der Waals surface area contributed by atoms with Gasteiger partial charge in [0.1, 0.15) is 0 Å². The molecule has 0 aliphatic carbocycles. The summed E-state index contributed by atoms with van der Waals surface area (Å²) in [5.74, 6) is -0.364. The van der Waals surface area contributed by atoms with Crippen LogP contribution in [0.15, 0.2) is 35.2 Å². The summed E-state index contributed by atoms with van der Waals surface area (Å²) in [6.45, 7) is 1.84. The number of carbonyl (C=O) groups is 1. The summed E-state index contributed by atoms with van der Waals surface area (Å²) < 4.78 is 23.8. The highest BCUT2D eigenvalue weighted by atomic mass is 32.2. The van der Waals surface area contributed by atoms with Crippen LogP contribution in [0.5, 0.6) is 0 Å². The second-order valence-electron chi connectivity index (χ2n) is 4.32. The Labute approximate surface area is 116 Å². The van der Waals surface area contributed by atoms with Crippen LogP contribution in [0, 0.1) is 6.92 Å². The molecule has 2 aromatic rings. The Bertz CT molecular complexity index is 728. The molecule has 0 spiro atoms. The quantitative estimate of drug-likeness (QED) is 0.865. The molecule has 1 aromatic heterocycles. The number of anilines is 1. The van der Waals surface area contributed by atoms with Crippen molar-refractivity contribution in [3.8, 4) is 0 Å². The minimum atomic E-state index is -3.73. The lowest BCUT2D eigenvalue weighted by Crippen LogP contribution is -2.14. The molecule has 8 heteroatoms. The molecule has 0 unspecified atom stereocenters. The zero-order valence-electron chi connectivity index (χ0n) is 11.0. The number of sulfonamides is 1. The molecule has 1 heterocycles. The van der Waals surface area contributed by atoms with E-state index < -0.39 is 10.0 Å². The van der Waals surface area contributed by atoms with Crippen LogP contribution in [-0.2, 0) is 17.1 Å². The number of rotatable bonds is 3. The Kier molecular flexibility index (Phi) is 3.60. The van der Waals surface area contributed by atoms with Crippen molar-refractivity contribution in [3.63, 3.8) is 0 Å². The maximum Gasteiger partial charge on any atom is 0.276 e. The maximum absolute atomic E-state index is 11.9. The fourth-order valence-corrected chi connectivity index (χ4v) is 2.11. The van der Waals surface area contributed by atoms with Gasteiger partial charge in [0.2, 0.25) is 10.0 Å². The van der Waals surface area contributed by atoms with Gasteiger partial charge in [0.25, 0.3) is 5.91 Å². The number of aromatic nitrogens is 2. The SMILES string of the molecule is Cc1cc(C(=O)Nc2ccc(S(N)(=O)=O)cc2)nn1C. The van der Waals surface area contributed by atoms with E-state index in [0.29, 0.717) is 11.4 Å². The first kappa shape index (κ1) is 14.2. The normalized spacial score (nSPS) is 11.3. The van der Waals surface area contributed by atoms with Gasteiger partial charge in [-0.1, -0.05) is 0 Å². The van der Waals surface area contributed by atoms with Gasteiger partial charge in [-0.05, 0) is 37.3 Å². The highest BCUT2D eigenvalue weighted by Gasteiger charge is 2.12. The zero-order chi connectivity index (χ0) is 14.9. The van der Waals surface area contributed by atoms with Crippen molar-refractivity contribution in [3.05, 3.63) is 41.7 Å². The standard InChI is InChI=1S/C12H14N4O3S/c1-8-7-11(15-16(8)2)12(17)14-9-3-5-10(6-4-9)20(13,18)19/h3-7H,1-2H3,(H,14,17)(H2,13,18,19). The van der Waals surface area contributed by atoms with Gasteiger partial charge < -0.3 is 5.32 Å². The van der Waals surface area contributed by atoms with E-state index in [-0.39, 0.29) is 10.8 Å². The minimum Gasteiger partial charge on any atom is -0.321 e. The first-order valence-electron chi connectivity index (χ1n) is 5.72. The van der Waals surface area contributed by atoms with E-state index in [1.54, 1.807) is 17.8 Å². The topological polar surface area (TPSA) is 107 Å². The third-order valence-corrected chi connectivity index (χ3v) is 3.72. The summed E-state index contributed by atoms with van der Waals surface area (Å²) in [6.07, 6.45) is 0. The van der Waals surface area contributed by atoms with Gasteiger partial charge in [0, 0.05) is 18.4 Å². The predicted molar refractivity (Wildman–Crippen MR) is 73.7 cm³/mol. The second-order valence-corrected chi connectivity index (χ2v) is 5.88. The van der Waals surface area contributed by atoms with Gasteiger partial charge in [-0.15, -0.1) is 0 Å². The van der Waals surface area contributed by atoms with Crippen LogP contribution < -0.4 is 10.5 Å². The molecular formula is C12H14N4O3S. The van der Waals surface area contributed by atoms with Crippen molar-refractivity contribution in [2.75, 3.05) is 5.32 Å². The van der Waals surface area contributed by atoms with E-state index in [9.17, 15) is 13.2 Å². The zero-order valence-corrected chi connectivity index (χ0v) is 11.8. The smallest absolute Gasteiger partial charge is 0.276 e. The molecule has 3 N–H and O–H groups in total. The van der Waals surface area contributed by atoms with Gasteiger partial charge in [0.15, 0.2) is 5.69 Å². The minimum absolute atomic E-state index is 0.0100. The molecule has 7 nitrogen and oxygen atoms in total. The lowest BCUT2D eigenvalue weighted by Gasteiger charge is -2.04. The number of amides is 1. The first-order valence-corrected chi connectivity index (χ1v) is 7.27. The number of hydrogen-bond acceptors (Lipinski definition) is 4. The average molecular weight is 294 g/mol. The van der Waals surface area contributed by atoms with Gasteiger partial charge in [-0.3, -0.25) is 9.48 Å². The summed E-state index contributed by atoms with van der Waals surface area (Å²) in [4.78, 5) is 11.9. The Morgan fingerprint density at radius 3 is 2.35 bits per heavy atom. The van der Waals surface area contributed by atoms with Crippen molar-refractivity contribution in [2.45, 2.75) is 11.8 Å². The average Bonchev–Trinajstić information content (AvgIpc) is 2.69. The van der Waals surface area contributed by atoms with Crippen LogP contribution in [0.3, 0.4) is 0 Å². The summed E-state index contributed by atoms with van der Waals surface area (Å²) in [5, 5.41) is 11.7. The van der Waals surface area contributed by atoms with Crippen LogP contribution in [0.25, 0.3) is 0 Å². The molecule has 0 fully saturated rings. The number of nitrogens with zero attached hydrogens (tertiary/aromatic N) is 2. The van der Waals surface area contributed by atoms with Gasteiger partial charge in [-0.25, -0.2) is 13.6 Å². The first-order chi connectivity index (χ1) is 9.27. The molecule has 0 saturated heterocycles. The number of nitrogens with two attached hydrogens (primary N) is 1. The lowest BCUT2D eigenvalue weighted by molar-refractivity contribution is 0.102. The summed E-state index contributed by atoms with van der Waals surface area (Å²) in [5.41, 5.74) is 1.62. The predicted octanol–water partition coefficient (Wildman–Crippen LogP) is 0.628. The second kappa shape index (κ2) is 5.06. The molecule has 106 valence electrons. The van der Waals surface area contributed by atoms with Gasteiger partial charge in [0.05, 0.1) is 4.90 Å². The van der Waals surface area contributed by atoms with E-state index in [0.717, 1.165) is 5.69 Å². The van der Waals surface area contributed by atoms with Crippen molar-refractivity contribution in [1.82, 2.24) is 9.78 Å². The molecule has 0 bridgehead atoms. The monoisotopic (exact) mass is 294 g/mol. The maximum atomic E-state index is 11.9. The van der Waals surface area contributed by atoms with Crippen LogP contribution >= 0.6 is 0 Å². The van der Waals surface area contributed by atoms with E-state index in [1.807, 2.05) is 6.92 Å². The summed E-state index contributed by atoms with van der Waals surface area (Å²) >= 11 is 0. The molecule has 0 saturated carbocycles. The van der Waals surface area contributed by atoms with E-state index in [1.165, 1.54) is 24.3 Å². The number of carbonyl (C=O) groups excluding carboxylic acids is 1. The fourth-order valence-electron chi connectivity index (χ4n) is 1.59. The number of aryl methyl sites for hydroxylation is 2. The molecular weight excluding hydrogens is 280 g/mol. The Morgan fingerprint density at radius 2 is 1.90 bits per heavy atom. The van der Waals surface area contributed by atoms with Crippen LogP contribution in [0.1, 0.15) is 16.2 Å². The highest BCUT2D eigenvalue weighted by Crippen LogP contribution is 2.13. The van der Waals surface area contributed by atoms with E-state index in [4.69, 9.17) is 5.14 Å². The number of primary sulfonamides is 1. The van der Waals surface area contributed by atoms with Crippen molar-refractivity contribution >= 4 is 21.6 Å². The van der Waals surface area contributed by atoms with E-state index >= 15 is 0 Å². The number of benzene rings is 1. The van der Waals surface area contributed by atoms with Crippen LogP contribution in [0.4, 0.5) is 5.69 Å². The Hall–Kier alpha value is -2.19. The Balaban J connectivity index is 2.16. The molecule has 1 aromatic carbocycles. The Morgan fingerprint density at radius 1 is 1.30 bits per heavy atom. The van der Waals surface area contributed by atoms with Gasteiger partial charge in [-0.2, -0.15) is 5.10 Å². The molecule has 20 heavy (non-hydrogen) atoms. The largest absolute Gasteiger partial charge is 0.321 e. The summed E-state index contributed by atoms with van der Waals surface area (Å²) in [6, 6.07) is 7.25. The molecule has 2 rings (SSSR count). The molecule has 0 aliphatic heterocycles. The molecule has 0 aliphatic rings. The van der Waals surface area contributed by atoms with Crippen molar-refractivity contribution in [2.24, 2.45) is 12.2 Å². The van der Waals surface area contributed by atoms with Crippen molar-refractivity contribution < 1.29 is 13.2 Å². The van der Waals surface area contributed by atoms with E-state index in [2.05, 4.69) is 10.4 Å². The number of nitrogens with one attached hydrogen (secondary N) is 1. The third-order valence-electron chi connectivity index (χ3n) is 2.79. The molecule has 1 amide bonds. The van der Waals surface area contributed by atoms with Gasteiger partial charge >= 0.3 is 0 Å². The van der Waals surface area contributed by atoms with Crippen LogP contribution in [0.2, 0.25) is 0 Å². The fraction of sp³-hybridized carbons (Fsp3) is 0.167. The molecule has 0 atom stereocenters. The molecule has 0 radical (unpaired) electrons. The van der Waals surface area contributed by atoms with Crippen LogP contribution in [-0.4, -0.2) is 24.1 Å². The lowest BCUT2D eigenvalue weighted by atomic mass is 10.3. The van der Waals surface area contributed by atoms with Crippen molar-refractivity contribution in [1.29, 1.82) is 0 Å². The summed E-state index contributed by atoms with van der Waals surface area (Å²) in [7, 11) is -1.99. The number of hydrogen-bond donors (Lipinski definition) is 2. The highest BCUT2D eigenvalue weighted by molar-refractivity contribution is 7.89.